The molecule has 0 aliphatic heterocycles. The second-order valence-electron chi connectivity index (χ2n) is 5.91. The number of carbonyl (C=O) groups excluding carboxylic acids is 1. The molecule has 2 amide bonds. The molecule has 2 saturated carbocycles. The lowest BCUT2D eigenvalue weighted by molar-refractivity contribution is -0.144. The summed E-state index contributed by atoms with van der Waals surface area (Å²) in [4.78, 5) is 25.4. The molecule has 2 rings (SSSR count). The Hall–Kier alpha value is -1.52. The van der Waals surface area contributed by atoms with Gasteiger partial charge < -0.3 is 15.3 Å². The Balaban J connectivity index is 2.02. The molecule has 2 N–H and O–H groups in total. The number of aliphatic carboxylic acids is 1. The predicted octanol–water partition coefficient (Wildman–Crippen LogP) is 2.09. The Morgan fingerprint density at radius 3 is 2.70 bits per heavy atom. The number of nitrogens with one attached hydrogen (secondary N) is 1. The fraction of sp³-hybridized carbons (Fsp3) is 0.733. The van der Waals surface area contributed by atoms with E-state index in [1.54, 1.807) is 11.0 Å². The molecule has 0 radical (unpaired) electrons. The number of carbonyl (C=O) groups is 2. The molecule has 2 fully saturated rings. The van der Waals surface area contributed by atoms with E-state index in [2.05, 4.69) is 11.9 Å². The van der Waals surface area contributed by atoms with Crippen LogP contribution < -0.4 is 5.32 Å². The van der Waals surface area contributed by atoms with Crippen molar-refractivity contribution in [1.82, 2.24) is 10.2 Å². The number of carboxylic acids is 1. The zero-order chi connectivity index (χ0) is 14.7. The third-order valence-electron chi connectivity index (χ3n) is 4.62. The highest BCUT2D eigenvalue weighted by Crippen LogP contribution is 2.48. The molecule has 2 bridgehead atoms. The molecule has 0 heterocycles. The van der Waals surface area contributed by atoms with Crippen LogP contribution in [-0.2, 0) is 4.79 Å². The van der Waals surface area contributed by atoms with Crippen LogP contribution in [0.15, 0.2) is 12.7 Å². The first kappa shape index (κ1) is 14.9. The molecule has 2 aliphatic carbocycles. The summed E-state index contributed by atoms with van der Waals surface area (Å²) in [6, 6.07) is -0.363. The van der Waals surface area contributed by atoms with Crippen molar-refractivity contribution in [2.24, 2.45) is 17.8 Å². The summed E-state index contributed by atoms with van der Waals surface area (Å²) in [6.07, 6.45) is 5.54. The average molecular weight is 280 g/mol. The smallest absolute Gasteiger partial charge is 0.317 e. The molecular formula is C15H24N2O3. The SMILES string of the molecule is C=CCN(CCC)C(=O)NC1C2CCC(C2)C1C(=O)O. The predicted molar refractivity (Wildman–Crippen MR) is 76.3 cm³/mol. The molecule has 2 aliphatic rings. The van der Waals surface area contributed by atoms with Crippen LogP contribution in [0.5, 0.6) is 0 Å². The molecule has 5 nitrogen and oxygen atoms in total. The summed E-state index contributed by atoms with van der Waals surface area (Å²) < 4.78 is 0. The number of rotatable bonds is 6. The molecular weight excluding hydrogens is 256 g/mol. The molecule has 0 aromatic rings. The minimum Gasteiger partial charge on any atom is -0.481 e. The second kappa shape index (κ2) is 6.29. The van der Waals surface area contributed by atoms with Gasteiger partial charge in [-0.05, 0) is 37.5 Å². The summed E-state index contributed by atoms with van der Waals surface area (Å²) in [6.45, 7) is 6.84. The highest BCUT2D eigenvalue weighted by Gasteiger charge is 2.51. The molecule has 0 aromatic heterocycles. The second-order valence-corrected chi connectivity index (χ2v) is 5.91. The summed E-state index contributed by atoms with van der Waals surface area (Å²) in [5.74, 6) is -0.614. The van der Waals surface area contributed by atoms with Gasteiger partial charge in [-0.25, -0.2) is 4.79 Å². The third-order valence-corrected chi connectivity index (χ3v) is 4.62. The topological polar surface area (TPSA) is 69.6 Å². The van der Waals surface area contributed by atoms with Crippen LogP contribution in [0.2, 0.25) is 0 Å². The van der Waals surface area contributed by atoms with Gasteiger partial charge in [0.1, 0.15) is 0 Å². The monoisotopic (exact) mass is 280 g/mol. The van der Waals surface area contributed by atoms with Crippen LogP contribution in [-0.4, -0.2) is 41.1 Å². The van der Waals surface area contributed by atoms with Crippen molar-refractivity contribution in [3.05, 3.63) is 12.7 Å². The fourth-order valence-corrected chi connectivity index (χ4v) is 3.79. The zero-order valence-electron chi connectivity index (χ0n) is 12.0. The number of hydrogen-bond donors (Lipinski definition) is 2. The lowest BCUT2D eigenvalue weighted by Gasteiger charge is -2.31. The number of hydrogen-bond acceptors (Lipinski definition) is 2. The minimum atomic E-state index is -0.770. The first-order valence-electron chi connectivity index (χ1n) is 7.47. The van der Waals surface area contributed by atoms with Gasteiger partial charge in [-0.15, -0.1) is 6.58 Å². The number of carboxylic acid groups (broad SMARTS) is 1. The Kier molecular flexibility index (Phi) is 4.68. The Morgan fingerprint density at radius 1 is 1.40 bits per heavy atom. The molecule has 0 aromatic carbocycles. The van der Waals surface area contributed by atoms with Gasteiger partial charge in [0, 0.05) is 19.1 Å². The molecule has 0 spiro atoms. The lowest BCUT2D eigenvalue weighted by atomic mass is 9.84. The van der Waals surface area contributed by atoms with Gasteiger partial charge in [0.25, 0.3) is 0 Å². The molecule has 20 heavy (non-hydrogen) atoms. The van der Waals surface area contributed by atoms with Crippen molar-refractivity contribution in [1.29, 1.82) is 0 Å². The first-order chi connectivity index (χ1) is 9.58. The Bertz CT molecular complexity index is 397. The lowest BCUT2D eigenvalue weighted by Crippen LogP contribution is -2.51. The van der Waals surface area contributed by atoms with E-state index in [0.717, 1.165) is 25.7 Å². The van der Waals surface area contributed by atoms with E-state index in [0.29, 0.717) is 19.0 Å². The van der Waals surface area contributed by atoms with Crippen molar-refractivity contribution < 1.29 is 14.7 Å². The normalized spacial score (nSPS) is 31.1. The van der Waals surface area contributed by atoms with Crippen LogP contribution in [0.1, 0.15) is 32.6 Å². The molecule has 4 atom stereocenters. The van der Waals surface area contributed by atoms with E-state index >= 15 is 0 Å². The largest absolute Gasteiger partial charge is 0.481 e. The van der Waals surface area contributed by atoms with Crippen molar-refractivity contribution in [2.45, 2.75) is 38.6 Å². The standard InChI is InChI=1S/C15H24N2O3/c1-3-7-17(8-4-2)15(20)16-13-11-6-5-10(9-11)12(13)14(18)19/h3,10-13H,1,4-9H2,2H3,(H,16,20)(H,18,19). The van der Waals surface area contributed by atoms with Gasteiger partial charge in [-0.2, -0.15) is 0 Å². The Morgan fingerprint density at radius 2 is 2.10 bits per heavy atom. The first-order valence-corrected chi connectivity index (χ1v) is 7.47. The summed E-state index contributed by atoms with van der Waals surface area (Å²) in [7, 11) is 0. The van der Waals surface area contributed by atoms with Crippen LogP contribution >= 0.6 is 0 Å². The van der Waals surface area contributed by atoms with Gasteiger partial charge in [0.2, 0.25) is 0 Å². The number of amides is 2. The van der Waals surface area contributed by atoms with Crippen molar-refractivity contribution in [3.8, 4) is 0 Å². The Labute approximate surface area is 120 Å². The van der Waals surface area contributed by atoms with Crippen LogP contribution in [0.3, 0.4) is 0 Å². The minimum absolute atomic E-state index is 0.157. The maximum atomic E-state index is 12.3. The quantitative estimate of drug-likeness (QED) is 0.732. The summed E-state index contributed by atoms with van der Waals surface area (Å²) in [5.41, 5.74) is 0. The summed E-state index contributed by atoms with van der Waals surface area (Å²) >= 11 is 0. The molecule has 0 saturated heterocycles. The maximum Gasteiger partial charge on any atom is 0.317 e. The van der Waals surface area contributed by atoms with E-state index in [1.807, 2.05) is 6.92 Å². The molecule has 4 unspecified atom stereocenters. The van der Waals surface area contributed by atoms with E-state index in [9.17, 15) is 14.7 Å². The third kappa shape index (κ3) is 2.81. The zero-order valence-corrected chi connectivity index (χ0v) is 12.0. The van der Waals surface area contributed by atoms with Gasteiger partial charge in [-0.3, -0.25) is 4.79 Å². The van der Waals surface area contributed by atoms with Crippen molar-refractivity contribution in [2.75, 3.05) is 13.1 Å². The van der Waals surface area contributed by atoms with E-state index in [-0.39, 0.29) is 18.0 Å². The molecule has 112 valence electrons. The van der Waals surface area contributed by atoms with Gasteiger partial charge in [0.05, 0.1) is 5.92 Å². The molecule has 5 heteroatoms. The summed E-state index contributed by atoms with van der Waals surface area (Å²) in [5, 5.41) is 12.4. The van der Waals surface area contributed by atoms with E-state index in [1.165, 1.54) is 0 Å². The van der Waals surface area contributed by atoms with Crippen LogP contribution in [0, 0.1) is 17.8 Å². The maximum absolute atomic E-state index is 12.3. The number of nitrogens with zero attached hydrogens (tertiary/aromatic N) is 1. The fourth-order valence-electron chi connectivity index (χ4n) is 3.79. The van der Waals surface area contributed by atoms with E-state index in [4.69, 9.17) is 0 Å². The number of urea groups is 1. The number of fused-ring (bicyclic) bond motifs is 2. The van der Waals surface area contributed by atoms with Crippen LogP contribution in [0.4, 0.5) is 4.79 Å². The van der Waals surface area contributed by atoms with Crippen molar-refractivity contribution in [3.63, 3.8) is 0 Å². The van der Waals surface area contributed by atoms with Gasteiger partial charge in [0.15, 0.2) is 0 Å². The van der Waals surface area contributed by atoms with Gasteiger partial charge >= 0.3 is 12.0 Å². The highest BCUT2D eigenvalue weighted by molar-refractivity contribution is 5.77. The average Bonchev–Trinajstić information content (AvgIpc) is 2.98. The highest BCUT2D eigenvalue weighted by atomic mass is 16.4. The van der Waals surface area contributed by atoms with E-state index < -0.39 is 11.9 Å². The van der Waals surface area contributed by atoms with Crippen molar-refractivity contribution >= 4 is 12.0 Å². The van der Waals surface area contributed by atoms with Crippen LogP contribution in [0.25, 0.3) is 0 Å². The van der Waals surface area contributed by atoms with Gasteiger partial charge in [-0.1, -0.05) is 13.0 Å².